The van der Waals surface area contributed by atoms with Crippen molar-refractivity contribution in [2.45, 2.75) is 29.2 Å². The number of nitrogens with zero attached hydrogens (tertiary/aromatic N) is 3. The van der Waals surface area contributed by atoms with E-state index in [1.165, 1.54) is 10.4 Å². The average molecular weight is 489 g/mol. The SMILES string of the molecule is Cc1ccc(NC(=O)C(C)Sc2nnc(-c3ccccc3)o2)cc1S(=O)(=O)N1CCOCC1. The van der Waals surface area contributed by atoms with E-state index in [4.69, 9.17) is 9.15 Å². The van der Waals surface area contributed by atoms with Crippen LogP contribution in [0.15, 0.2) is 63.1 Å². The molecule has 1 aliphatic rings. The van der Waals surface area contributed by atoms with Gasteiger partial charge in [0.1, 0.15) is 0 Å². The lowest BCUT2D eigenvalue weighted by Crippen LogP contribution is -2.40. The summed E-state index contributed by atoms with van der Waals surface area (Å²) in [5.41, 5.74) is 1.81. The lowest BCUT2D eigenvalue weighted by atomic mass is 10.2. The number of aryl methyl sites for hydroxylation is 1. The van der Waals surface area contributed by atoms with Crippen molar-refractivity contribution >= 4 is 33.4 Å². The molecule has 1 aliphatic heterocycles. The number of ether oxygens (including phenoxy) is 1. The van der Waals surface area contributed by atoms with Gasteiger partial charge < -0.3 is 14.5 Å². The Hall–Kier alpha value is -2.73. The van der Waals surface area contributed by atoms with Crippen LogP contribution in [0, 0.1) is 6.92 Å². The van der Waals surface area contributed by atoms with Crippen molar-refractivity contribution in [2.24, 2.45) is 0 Å². The number of amides is 1. The maximum absolute atomic E-state index is 13.1. The molecule has 33 heavy (non-hydrogen) atoms. The van der Waals surface area contributed by atoms with Crippen molar-refractivity contribution in [3.8, 4) is 11.5 Å². The zero-order valence-electron chi connectivity index (χ0n) is 18.2. The summed E-state index contributed by atoms with van der Waals surface area (Å²) in [6.07, 6.45) is 0. The van der Waals surface area contributed by atoms with Crippen LogP contribution in [0.4, 0.5) is 5.69 Å². The highest BCUT2D eigenvalue weighted by atomic mass is 32.2. The third-order valence-corrected chi connectivity index (χ3v) is 8.09. The maximum atomic E-state index is 13.1. The van der Waals surface area contributed by atoms with Crippen LogP contribution in [0.1, 0.15) is 12.5 Å². The maximum Gasteiger partial charge on any atom is 0.277 e. The summed E-state index contributed by atoms with van der Waals surface area (Å²) in [5, 5.41) is 10.5. The molecule has 1 atom stereocenters. The smallest absolute Gasteiger partial charge is 0.277 e. The van der Waals surface area contributed by atoms with Gasteiger partial charge in [0, 0.05) is 24.3 Å². The van der Waals surface area contributed by atoms with Gasteiger partial charge >= 0.3 is 0 Å². The van der Waals surface area contributed by atoms with Crippen molar-refractivity contribution in [1.82, 2.24) is 14.5 Å². The third kappa shape index (κ3) is 5.44. The second kappa shape index (κ2) is 10.0. The molecule has 174 valence electrons. The Bertz CT molecular complexity index is 1220. The van der Waals surface area contributed by atoms with Gasteiger partial charge in [-0.15, -0.1) is 10.2 Å². The molecule has 0 spiro atoms. The minimum Gasteiger partial charge on any atom is -0.411 e. The number of sulfonamides is 1. The van der Waals surface area contributed by atoms with Crippen molar-refractivity contribution in [2.75, 3.05) is 31.6 Å². The highest BCUT2D eigenvalue weighted by Crippen LogP contribution is 2.28. The number of aromatic nitrogens is 2. The van der Waals surface area contributed by atoms with E-state index in [0.29, 0.717) is 43.4 Å². The zero-order valence-corrected chi connectivity index (χ0v) is 19.9. The van der Waals surface area contributed by atoms with E-state index in [1.54, 1.807) is 26.0 Å². The summed E-state index contributed by atoms with van der Waals surface area (Å²) < 4.78 is 38.4. The summed E-state index contributed by atoms with van der Waals surface area (Å²) in [7, 11) is -3.68. The van der Waals surface area contributed by atoms with Crippen LogP contribution >= 0.6 is 11.8 Å². The van der Waals surface area contributed by atoms with E-state index >= 15 is 0 Å². The van der Waals surface area contributed by atoms with Gasteiger partial charge in [0.05, 0.1) is 23.4 Å². The highest BCUT2D eigenvalue weighted by molar-refractivity contribution is 8.00. The van der Waals surface area contributed by atoms with Crippen LogP contribution in [0.2, 0.25) is 0 Å². The Balaban J connectivity index is 1.44. The Labute approximate surface area is 196 Å². The first-order chi connectivity index (χ1) is 15.8. The fourth-order valence-corrected chi connectivity index (χ4v) is 5.63. The summed E-state index contributed by atoms with van der Waals surface area (Å²) in [5.74, 6) is 0.0697. The Morgan fingerprint density at radius 2 is 1.85 bits per heavy atom. The summed E-state index contributed by atoms with van der Waals surface area (Å²) in [6, 6.07) is 14.2. The predicted molar refractivity (Wildman–Crippen MR) is 124 cm³/mol. The molecule has 1 aromatic heterocycles. The molecule has 2 heterocycles. The lowest BCUT2D eigenvalue weighted by Gasteiger charge is -2.27. The van der Waals surface area contributed by atoms with Gasteiger partial charge in [-0.05, 0) is 43.7 Å². The molecule has 3 aromatic rings. The van der Waals surface area contributed by atoms with Gasteiger partial charge in [-0.25, -0.2) is 8.42 Å². The molecule has 1 unspecified atom stereocenters. The number of benzene rings is 2. The Morgan fingerprint density at radius 3 is 2.58 bits per heavy atom. The van der Waals surface area contributed by atoms with Gasteiger partial charge in [-0.3, -0.25) is 4.79 Å². The number of carbonyl (C=O) groups excluding carboxylic acids is 1. The van der Waals surface area contributed by atoms with Gasteiger partial charge in [0.15, 0.2) is 0 Å². The molecule has 1 amide bonds. The predicted octanol–water partition coefficient (Wildman–Crippen LogP) is 3.19. The second-order valence-electron chi connectivity index (χ2n) is 7.49. The molecule has 0 bridgehead atoms. The van der Waals surface area contributed by atoms with Crippen molar-refractivity contribution < 1.29 is 22.4 Å². The van der Waals surface area contributed by atoms with E-state index in [-0.39, 0.29) is 16.0 Å². The topological polar surface area (TPSA) is 115 Å². The van der Waals surface area contributed by atoms with Crippen molar-refractivity contribution in [3.63, 3.8) is 0 Å². The monoisotopic (exact) mass is 488 g/mol. The first-order valence-electron chi connectivity index (χ1n) is 10.4. The van der Waals surface area contributed by atoms with Gasteiger partial charge in [-0.1, -0.05) is 36.0 Å². The van der Waals surface area contributed by atoms with E-state index in [9.17, 15) is 13.2 Å². The molecule has 1 N–H and O–H groups in total. The van der Waals surface area contributed by atoms with Crippen LogP contribution in [0.3, 0.4) is 0 Å². The number of carbonyl (C=O) groups is 1. The molecule has 0 radical (unpaired) electrons. The molecule has 1 saturated heterocycles. The van der Waals surface area contributed by atoms with Crippen LogP contribution in [0.5, 0.6) is 0 Å². The standard InChI is InChI=1S/C22H24N4O5S2/c1-15-8-9-18(14-19(15)33(28,29)26-10-12-30-13-11-26)23-20(27)16(2)32-22-25-24-21(31-22)17-6-4-3-5-7-17/h3-9,14,16H,10-13H2,1-2H3,(H,23,27). The first-order valence-corrected chi connectivity index (χ1v) is 12.7. The molecular formula is C22H24N4O5S2. The van der Waals surface area contributed by atoms with Gasteiger partial charge in [0.25, 0.3) is 5.22 Å². The Kier molecular flexibility index (Phi) is 7.13. The largest absolute Gasteiger partial charge is 0.411 e. The van der Waals surface area contributed by atoms with Crippen LogP contribution in [0.25, 0.3) is 11.5 Å². The third-order valence-electron chi connectivity index (χ3n) is 5.12. The average Bonchev–Trinajstić information content (AvgIpc) is 3.30. The first kappa shape index (κ1) is 23.4. The van der Waals surface area contributed by atoms with Crippen molar-refractivity contribution in [3.05, 3.63) is 54.1 Å². The van der Waals surface area contributed by atoms with Crippen molar-refractivity contribution in [1.29, 1.82) is 0 Å². The summed E-state index contributed by atoms with van der Waals surface area (Å²) >= 11 is 1.13. The summed E-state index contributed by atoms with van der Waals surface area (Å²) in [6.45, 7) is 4.79. The fraction of sp³-hybridized carbons (Fsp3) is 0.318. The molecule has 0 saturated carbocycles. The quantitative estimate of drug-likeness (QED) is 0.504. The van der Waals surface area contributed by atoms with E-state index in [2.05, 4.69) is 15.5 Å². The second-order valence-corrected chi connectivity index (χ2v) is 10.7. The number of rotatable bonds is 7. The number of hydrogen-bond acceptors (Lipinski definition) is 8. The number of nitrogens with one attached hydrogen (secondary N) is 1. The van der Waals surface area contributed by atoms with Gasteiger partial charge in [-0.2, -0.15) is 4.31 Å². The fourth-order valence-electron chi connectivity index (χ4n) is 3.29. The molecule has 1 fully saturated rings. The summed E-state index contributed by atoms with van der Waals surface area (Å²) in [4.78, 5) is 12.9. The normalized spacial score (nSPS) is 15.8. The van der Waals surface area contributed by atoms with E-state index < -0.39 is 15.3 Å². The van der Waals surface area contributed by atoms with Crippen LogP contribution in [-0.2, 0) is 19.6 Å². The zero-order chi connectivity index (χ0) is 23.4. The molecule has 11 heteroatoms. The highest BCUT2D eigenvalue weighted by Gasteiger charge is 2.28. The molecular weight excluding hydrogens is 464 g/mol. The lowest BCUT2D eigenvalue weighted by molar-refractivity contribution is -0.115. The Morgan fingerprint density at radius 1 is 1.12 bits per heavy atom. The number of morpholine rings is 1. The number of anilines is 1. The van der Waals surface area contributed by atoms with Crippen LogP contribution < -0.4 is 5.32 Å². The molecule has 9 nitrogen and oxygen atoms in total. The number of thioether (sulfide) groups is 1. The van der Waals surface area contributed by atoms with E-state index in [1.807, 2.05) is 30.3 Å². The van der Waals surface area contributed by atoms with E-state index in [0.717, 1.165) is 17.3 Å². The van der Waals surface area contributed by atoms with Crippen LogP contribution in [-0.4, -0.2) is 60.4 Å². The molecule has 0 aliphatic carbocycles. The minimum absolute atomic E-state index is 0.173. The minimum atomic E-state index is -3.68. The van der Waals surface area contributed by atoms with Gasteiger partial charge in [0.2, 0.25) is 21.8 Å². The molecule has 2 aromatic carbocycles. The number of hydrogen-bond donors (Lipinski definition) is 1. The molecule has 4 rings (SSSR count).